The number of anilines is 1. The number of thiazole rings is 1. The van der Waals surface area contributed by atoms with Crippen molar-refractivity contribution in [3.8, 4) is 11.3 Å². The molecular formula is C30H21N3O5S2. The maximum Gasteiger partial charge on any atom is 0.335 e. The smallest absolute Gasteiger partial charge is 0.335 e. The molecule has 3 aromatic heterocycles. The van der Waals surface area contributed by atoms with Crippen molar-refractivity contribution in [2.45, 2.75) is 13.0 Å². The molecule has 0 saturated heterocycles. The number of carbonyl (C=O) groups excluding carboxylic acids is 1. The molecule has 4 heterocycles. The number of allylic oxidation sites excluding steroid dienone is 1. The van der Waals surface area contributed by atoms with E-state index in [9.17, 15) is 19.5 Å². The van der Waals surface area contributed by atoms with Crippen LogP contribution in [0.1, 0.15) is 34.0 Å². The molecule has 1 unspecified atom stereocenters. The second-order valence-corrected chi connectivity index (χ2v) is 11.0. The molecule has 0 radical (unpaired) electrons. The van der Waals surface area contributed by atoms with Crippen molar-refractivity contribution in [2.75, 3.05) is 5.32 Å². The molecule has 1 atom stereocenters. The Balaban J connectivity index is 1.41. The maximum atomic E-state index is 13.8. The summed E-state index contributed by atoms with van der Waals surface area (Å²) >= 11 is 2.69. The van der Waals surface area contributed by atoms with Crippen molar-refractivity contribution in [1.29, 1.82) is 0 Å². The van der Waals surface area contributed by atoms with Crippen LogP contribution in [-0.2, 0) is 4.79 Å². The molecule has 1 amide bonds. The average Bonchev–Trinajstić information content (AvgIpc) is 3.71. The number of furan rings is 1. The van der Waals surface area contributed by atoms with Gasteiger partial charge in [-0.1, -0.05) is 47.7 Å². The fraction of sp³-hybridized carbons (Fsp3) is 0.0667. The van der Waals surface area contributed by atoms with Crippen LogP contribution in [-0.4, -0.2) is 21.6 Å². The first kappa shape index (κ1) is 25.5. The molecule has 0 fully saturated rings. The van der Waals surface area contributed by atoms with Gasteiger partial charge in [0.2, 0.25) is 0 Å². The lowest BCUT2D eigenvalue weighted by atomic mass is 10.0. The summed E-state index contributed by atoms with van der Waals surface area (Å²) in [7, 11) is 0. The van der Waals surface area contributed by atoms with Crippen molar-refractivity contribution in [3.63, 3.8) is 0 Å². The number of thiophene rings is 1. The summed E-state index contributed by atoms with van der Waals surface area (Å²) in [5.74, 6) is -0.428. The Bertz CT molecular complexity index is 1960. The number of aromatic nitrogens is 1. The van der Waals surface area contributed by atoms with Gasteiger partial charge in [0, 0.05) is 22.2 Å². The number of benzene rings is 2. The van der Waals surface area contributed by atoms with Gasteiger partial charge in [-0.25, -0.2) is 9.79 Å². The lowest BCUT2D eigenvalue weighted by Gasteiger charge is -2.24. The van der Waals surface area contributed by atoms with Gasteiger partial charge in [-0.05, 0) is 54.8 Å². The van der Waals surface area contributed by atoms with Crippen LogP contribution in [0.2, 0.25) is 0 Å². The minimum Gasteiger partial charge on any atom is -0.478 e. The van der Waals surface area contributed by atoms with Crippen LogP contribution >= 0.6 is 22.7 Å². The molecule has 1 aliphatic heterocycles. The van der Waals surface area contributed by atoms with Gasteiger partial charge >= 0.3 is 5.97 Å². The lowest BCUT2D eigenvalue weighted by molar-refractivity contribution is -0.113. The highest BCUT2D eigenvalue weighted by Gasteiger charge is 2.33. The lowest BCUT2D eigenvalue weighted by Crippen LogP contribution is -2.40. The topological polar surface area (TPSA) is 114 Å². The second kappa shape index (κ2) is 10.4. The van der Waals surface area contributed by atoms with E-state index in [4.69, 9.17) is 4.42 Å². The third-order valence-electron chi connectivity index (χ3n) is 6.40. The molecule has 5 aromatic rings. The normalized spacial score (nSPS) is 15.0. The predicted molar refractivity (Wildman–Crippen MR) is 154 cm³/mol. The van der Waals surface area contributed by atoms with Crippen molar-refractivity contribution in [3.05, 3.63) is 131 Å². The number of fused-ring (bicyclic) bond motifs is 1. The highest BCUT2D eigenvalue weighted by atomic mass is 32.1. The quantitative estimate of drug-likeness (QED) is 0.303. The molecule has 1 aliphatic rings. The van der Waals surface area contributed by atoms with Gasteiger partial charge in [-0.3, -0.25) is 14.2 Å². The van der Waals surface area contributed by atoms with Crippen molar-refractivity contribution >= 4 is 46.3 Å². The molecule has 0 aliphatic carbocycles. The van der Waals surface area contributed by atoms with Crippen LogP contribution < -0.4 is 20.2 Å². The molecule has 10 heteroatoms. The first-order chi connectivity index (χ1) is 19.4. The SMILES string of the molecule is CC1=C(C(=O)Nc2ccccc2)C(c2cccs2)n2c(s/c(=C\c3ccc(-c4cccc(C(=O)O)c4)o3)c2=O)=N1. The summed E-state index contributed by atoms with van der Waals surface area (Å²) in [5.41, 5.74) is 2.08. The second-order valence-electron chi connectivity index (χ2n) is 9.01. The Morgan fingerprint density at radius 2 is 1.88 bits per heavy atom. The van der Waals surface area contributed by atoms with E-state index in [1.807, 2.05) is 35.7 Å². The largest absolute Gasteiger partial charge is 0.478 e. The van der Waals surface area contributed by atoms with E-state index in [0.29, 0.717) is 43.4 Å². The van der Waals surface area contributed by atoms with Gasteiger partial charge in [0.05, 0.1) is 21.4 Å². The van der Waals surface area contributed by atoms with E-state index in [1.165, 1.54) is 34.8 Å². The Hall–Kier alpha value is -4.80. The van der Waals surface area contributed by atoms with E-state index in [1.54, 1.807) is 54.0 Å². The maximum absolute atomic E-state index is 13.8. The van der Waals surface area contributed by atoms with Crippen molar-refractivity contribution in [2.24, 2.45) is 4.99 Å². The molecular weight excluding hydrogens is 546 g/mol. The minimum atomic E-state index is -1.03. The molecule has 198 valence electrons. The molecule has 2 aromatic carbocycles. The third kappa shape index (κ3) is 4.74. The van der Waals surface area contributed by atoms with E-state index >= 15 is 0 Å². The van der Waals surface area contributed by atoms with Crippen LogP contribution in [0.5, 0.6) is 0 Å². The molecule has 0 bridgehead atoms. The number of amides is 1. The highest BCUT2D eigenvalue weighted by molar-refractivity contribution is 7.10. The fourth-order valence-corrected chi connectivity index (χ4v) is 6.42. The Morgan fingerprint density at radius 3 is 2.62 bits per heavy atom. The first-order valence-electron chi connectivity index (χ1n) is 12.2. The standard InChI is InChI=1S/C30H21N3O5S2/c1-17-25(27(34)32-20-9-3-2-4-10-20)26(23-11-6-14-39-23)33-28(35)24(40-30(33)31-17)16-21-12-13-22(38-21)18-7-5-8-19(15-18)29(36)37/h2-16,26H,1H3,(H,32,34)(H,36,37)/b24-16-. The van der Waals surface area contributed by atoms with Crippen LogP contribution in [0.15, 0.2) is 110 Å². The number of hydrogen-bond donors (Lipinski definition) is 2. The first-order valence-corrected chi connectivity index (χ1v) is 13.9. The molecule has 2 N–H and O–H groups in total. The molecule has 8 nitrogen and oxygen atoms in total. The summed E-state index contributed by atoms with van der Waals surface area (Å²) in [6, 6.07) is 22.2. The van der Waals surface area contributed by atoms with Gasteiger partial charge in [-0.2, -0.15) is 0 Å². The molecule has 40 heavy (non-hydrogen) atoms. The average molecular weight is 568 g/mol. The van der Waals surface area contributed by atoms with Crippen LogP contribution in [0.25, 0.3) is 17.4 Å². The van der Waals surface area contributed by atoms with E-state index in [2.05, 4.69) is 10.3 Å². The summed E-state index contributed by atoms with van der Waals surface area (Å²) in [4.78, 5) is 44.6. The summed E-state index contributed by atoms with van der Waals surface area (Å²) in [6.45, 7) is 1.78. The predicted octanol–water partition coefficient (Wildman–Crippen LogP) is 4.89. The molecule has 0 saturated carbocycles. The number of hydrogen-bond acceptors (Lipinski definition) is 7. The van der Waals surface area contributed by atoms with Gasteiger partial charge < -0.3 is 14.8 Å². The molecule has 0 spiro atoms. The number of nitrogens with one attached hydrogen (secondary N) is 1. The fourth-order valence-electron chi connectivity index (χ4n) is 4.57. The van der Waals surface area contributed by atoms with Crippen LogP contribution in [0.4, 0.5) is 5.69 Å². The van der Waals surface area contributed by atoms with Gasteiger partial charge in [0.15, 0.2) is 4.80 Å². The minimum absolute atomic E-state index is 0.153. The van der Waals surface area contributed by atoms with Crippen molar-refractivity contribution < 1.29 is 19.1 Å². The number of nitrogens with zero attached hydrogens (tertiary/aromatic N) is 2. The van der Waals surface area contributed by atoms with Gasteiger partial charge in [0.1, 0.15) is 17.6 Å². The van der Waals surface area contributed by atoms with Crippen LogP contribution in [0, 0.1) is 0 Å². The number of carboxylic acids is 1. The number of aromatic carboxylic acids is 1. The monoisotopic (exact) mass is 567 g/mol. The Kier molecular flexibility index (Phi) is 6.63. The highest BCUT2D eigenvalue weighted by Crippen LogP contribution is 2.33. The van der Waals surface area contributed by atoms with Gasteiger partial charge in [0.25, 0.3) is 11.5 Å². The van der Waals surface area contributed by atoms with Gasteiger partial charge in [-0.15, -0.1) is 11.3 Å². The number of rotatable bonds is 6. The summed E-state index contributed by atoms with van der Waals surface area (Å²) < 4.78 is 7.91. The zero-order chi connectivity index (χ0) is 27.8. The summed E-state index contributed by atoms with van der Waals surface area (Å²) in [5, 5.41) is 14.1. The van der Waals surface area contributed by atoms with Crippen LogP contribution in [0.3, 0.4) is 0 Å². The van der Waals surface area contributed by atoms with E-state index < -0.39 is 12.0 Å². The zero-order valence-corrected chi connectivity index (χ0v) is 22.7. The zero-order valence-electron chi connectivity index (χ0n) is 21.0. The van der Waals surface area contributed by atoms with Crippen molar-refractivity contribution in [1.82, 2.24) is 4.57 Å². The number of carboxylic acid groups (broad SMARTS) is 1. The summed E-state index contributed by atoms with van der Waals surface area (Å²) in [6.07, 6.45) is 1.64. The Labute approximate surface area is 235 Å². The third-order valence-corrected chi connectivity index (χ3v) is 8.31. The number of carbonyl (C=O) groups is 2. The Morgan fingerprint density at radius 1 is 1.05 bits per heavy atom. The van der Waals surface area contributed by atoms with E-state index in [0.717, 1.165) is 4.88 Å². The number of para-hydroxylation sites is 1. The van der Waals surface area contributed by atoms with E-state index in [-0.39, 0.29) is 17.0 Å². The molecule has 6 rings (SSSR count).